The number of rotatable bonds is 71. The van der Waals surface area contributed by atoms with Crippen molar-refractivity contribution in [3.05, 3.63) is 67.7 Å². The summed E-state index contributed by atoms with van der Waals surface area (Å²) < 4.78 is 0. The van der Waals surface area contributed by atoms with Crippen molar-refractivity contribution in [3.63, 3.8) is 0 Å². The molecule has 0 N–H and O–H groups in total. The molecule has 0 aliphatic rings. The van der Waals surface area contributed by atoms with E-state index in [0.29, 0.717) is 0 Å². The van der Waals surface area contributed by atoms with Gasteiger partial charge < -0.3 is 0 Å². The van der Waals surface area contributed by atoms with Crippen LogP contribution in [0, 0.1) is 13.8 Å². The zero-order valence-electron chi connectivity index (χ0n) is 69.3. The fraction of sp³-hybridized carbons (Fsp3) is 0.771. The van der Waals surface area contributed by atoms with Gasteiger partial charge in [-0.05, 0) is 137 Å². The molecule has 104 heavy (non-hydrogen) atoms. The Balaban J connectivity index is 1.38. The summed E-state index contributed by atoms with van der Waals surface area (Å²) in [5, 5.41) is 2.60. The van der Waals surface area contributed by atoms with Gasteiger partial charge in [-0.2, -0.15) is 0 Å². The molecular weight excluding hydrogens is 1370 g/mol. The van der Waals surface area contributed by atoms with Crippen LogP contribution in [0.5, 0.6) is 0 Å². The molecule has 2 nitrogen and oxygen atoms in total. The zero-order valence-corrected chi connectivity index (χ0v) is 74.2. The molecule has 0 saturated heterocycles. The van der Waals surface area contributed by atoms with Gasteiger partial charge >= 0.3 is 0 Å². The predicted octanol–water partition coefficient (Wildman–Crippen LogP) is 36.6. The number of aromatic nitrogens is 2. The minimum Gasteiger partial charge on any atom is -0.240 e. The van der Waals surface area contributed by atoms with Gasteiger partial charge in [-0.15, -0.1) is 68.0 Å². The number of thiophene rings is 4. The lowest BCUT2D eigenvalue weighted by atomic mass is 10.0. The SMILES string of the molecule is CCCCCCCCCCCCc1cc(C)sc1-c1cc(CCCCCCCCCCCC)c(-c2nc(CCCCCCCCCCCC)c(-c3sc(-c4sc(-c5sc(C)cc5CCCCCCCCCCCC)cc4CCCCCCCCCCCC)nc3CCCCCCCCCCCC)s2)s1. The second-order valence-electron chi connectivity index (χ2n) is 32.5. The average molecular weight is 1530 g/mol. The monoisotopic (exact) mass is 1530 g/mol. The maximum atomic E-state index is 6.05. The van der Waals surface area contributed by atoms with E-state index in [1.165, 1.54) is 459 Å². The van der Waals surface area contributed by atoms with Crippen LogP contribution in [0.3, 0.4) is 0 Å². The highest BCUT2D eigenvalue weighted by molar-refractivity contribution is 7.30. The molecule has 0 aliphatic heterocycles. The van der Waals surface area contributed by atoms with Gasteiger partial charge in [-0.1, -0.05) is 388 Å². The van der Waals surface area contributed by atoms with Crippen LogP contribution < -0.4 is 0 Å². The fourth-order valence-corrected chi connectivity index (χ4v) is 23.5. The Bertz CT molecular complexity index is 2790. The van der Waals surface area contributed by atoms with E-state index in [2.05, 4.69) is 148 Å². The molecule has 0 radical (unpaired) electrons. The Morgan fingerprint density at radius 2 is 0.385 bits per heavy atom. The van der Waals surface area contributed by atoms with Crippen LogP contribution in [-0.2, 0) is 38.5 Å². The van der Waals surface area contributed by atoms with Gasteiger partial charge in [0.15, 0.2) is 0 Å². The summed E-state index contributed by atoms with van der Waals surface area (Å²) in [6.07, 6.45) is 89.4. The Morgan fingerprint density at radius 1 is 0.192 bits per heavy atom. The highest BCUT2D eigenvalue weighted by Gasteiger charge is 2.27. The highest BCUT2D eigenvalue weighted by atomic mass is 32.1. The zero-order chi connectivity index (χ0) is 73.5. The third-order valence-electron chi connectivity index (χ3n) is 22.7. The topological polar surface area (TPSA) is 25.8 Å². The molecule has 0 aromatic carbocycles. The lowest BCUT2D eigenvalue weighted by Gasteiger charge is -2.05. The van der Waals surface area contributed by atoms with E-state index in [-0.39, 0.29) is 0 Å². The van der Waals surface area contributed by atoms with Crippen molar-refractivity contribution in [1.29, 1.82) is 0 Å². The normalized spacial score (nSPS) is 11.9. The summed E-state index contributed by atoms with van der Waals surface area (Å²) in [6, 6.07) is 10.5. The number of hydrogen-bond donors (Lipinski definition) is 0. The van der Waals surface area contributed by atoms with Crippen LogP contribution >= 0.6 is 68.0 Å². The summed E-state index contributed by atoms with van der Waals surface area (Å²) in [4.78, 5) is 27.1. The lowest BCUT2D eigenvalue weighted by Crippen LogP contribution is -1.93. The molecule has 0 saturated carbocycles. The first-order chi connectivity index (χ1) is 51.3. The Morgan fingerprint density at radius 3 is 0.606 bits per heavy atom. The smallest absolute Gasteiger partial charge is 0.134 e. The fourth-order valence-electron chi connectivity index (χ4n) is 16.1. The molecule has 6 rings (SSSR count). The maximum Gasteiger partial charge on any atom is 0.134 e. The molecule has 0 unspecified atom stereocenters. The molecule has 0 fully saturated rings. The third-order valence-corrected chi connectivity index (χ3v) is 30.2. The molecule has 0 amide bonds. The van der Waals surface area contributed by atoms with Gasteiger partial charge in [0.1, 0.15) is 10.0 Å². The van der Waals surface area contributed by atoms with E-state index in [4.69, 9.17) is 9.97 Å². The van der Waals surface area contributed by atoms with Gasteiger partial charge in [-0.3, -0.25) is 0 Å². The molecular formula is C96H160N2S6. The van der Waals surface area contributed by atoms with Crippen molar-refractivity contribution in [2.24, 2.45) is 0 Å². The molecule has 0 aliphatic carbocycles. The van der Waals surface area contributed by atoms with Gasteiger partial charge in [0, 0.05) is 29.3 Å². The predicted molar refractivity (Wildman–Crippen MR) is 479 cm³/mol. The van der Waals surface area contributed by atoms with E-state index in [9.17, 15) is 0 Å². The van der Waals surface area contributed by atoms with E-state index in [0.717, 1.165) is 25.7 Å². The quantitative estimate of drug-likeness (QED) is 0.0356. The van der Waals surface area contributed by atoms with Gasteiger partial charge in [0.2, 0.25) is 0 Å². The van der Waals surface area contributed by atoms with Crippen molar-refractivity contribution < 1.29 is 0 Å². The van der Waals surface area contributed by atoms with Crippen molar-refractivity contribution in [1.82, 2.24) is 9.97 Å². The molecule has 590 valence electrons. The molecule has 6 heterocycles. The van der Waals surface area contributed by atoms with Gasteiger partial charge in [0.05, 0.1) is 30.9 Å². The van der Waals surface area contributed by atoms with Crippen molar-refractivity contribution in [3.8, 4) is 49.0 Å². The molecule has 6 aromatic rings. The van der Waals surface area contributed by atoms with Crippen LogP contribution in [0.4, 0.5) is 0 Å². The van der Waals surface area contributed by atoms with Crippen molar-refractivity contribution in [2.45, 2.75) is 479 Å². The van der Waals surface area contributed by atoms with E-state index >= 15 is 0 Å². The summed E-state index contributed by atoms with van der Waals surface area (Å²) >= 11 is 12.5. The van der Waals surface area contributed by atoms with Crippen LogP contribution in [-0.4, -0.2) is 9.97 Å². The van der Waals surface area contributed by atoms with Crippen molar-refractivity contribution >= 4 is 68.0 Å². The van der Waals surface area contributed by atoms with Crippen LogP contribution in [0.1, 0.15) is 470 Å². The van der Waals surface area contributed by atoms with E-state index in [1.807, 2.05) is 0 Å². The third kappa shape index (κ3) is 37.4. The standard InChI is InChI=1S/C96H160N2S6/c1-9-15-21-27-33-39-45-51-57-63-69-81-75-79(7)99-89(81)87-77-83(71-65-59-53-47-41-35-29-23-17-11-3)91(101-87)95-97-85(73-67-61-55-49-43-37-31-25-19-13-5)93(103-95)94-86(74-68-62-56-50-44-38-32-26-20-14-6)98-96(104-94)92-84(72-66-60-54-48-42-36-30-24-18-12-4)78-88(102-92)90-82(76-80(8)100-90)70-64-58-52-46-40-34-28-22-16-10-2/h75-78H,9-74H2,1-8H3. The summed E-state index contributed by atoms with van der Waals surface area (Å²) in [5.41, 5.74) is 9.09. The first-order valence-corrected chi connectivity index (χ1v) is 50.7. The second kappa shape index (κ2) is 59.8. The Labute approximate surface area is 668 Å². The molecule has 0 bridgehead atoms. The number of thiazole rings is 2. The Hall–Kier alpha value is -1.94. The van der Waals surface area contributed by atoms with Crippen molar-refractivity contribution in [2.75, 3.05) is 0 Å². The molecule has 0 spiro atoms. The molecule has 0 atom stereocenters. The maximum absolute atomic E-state index is 6.05. The minimum absolute atomic E-state index is 1.07. The first-order valence-electron chi connectivity index (χ1n) is 45.8. The van der Waals surface area contributed by atoms with Crippen LogP contribution in [0.15, 0.2) is 24.3 Å². The summed E-state index contributed by atoms with van der Waals surface area (Å²) in [5.74, 6) is 0. The average Bonchev–Trinajstić information content (AvgIpc) is 1.62. The largest absolute Gasteiger partial charge is 0.240 e. The first kappa shape index (κ1) is 90.9. The van der Waals surface area contributed by atoms with E-state index < -0.39 is 0 Å². The van der Waals surface area contributed by atoms with Crippen LogP contribution in [0.2, 0.25) is 0 Å². The van der Waals surface area contributed by atoms with E-state index in [1.54, 1.807) is 32.0 Å². The molecule has 6 aromatic heterocycles. The van der Waals surface area contributed by atoms with Crippen LogP contribution in [0.25, 0.3) is 49.0 Å². The van der Waals surface area contributed by atoms with Gasteiger partial charge in [-0.25, -0.2) is 9.97 Å². The lowest BCUT2D eigenvalue weighted by molar-refractivity contribution is 0.555. The van der Waals surface area contributed by atoms with Gasteiger partial charge in [0.25, 0.3) is 0 Å². The summed E-state index contributed by atoms with van der Waals surface area (Å²) in [6.45, 7) is 18.8. The second-order valence-corrected chi connectivity index (χ2v) is 39.1. The number of nitrogens with zero attached hydrogens (tertiary/aromatic N) is 2. The molecule has 8 heteroatoms. The number of unbranched alkanes of at least 4 members (excludes halogenated alkanes) is 54. The summed E-state index contributed by atoms with van der Waals surface area (Å²) in [7, 11) is 0. The highest BCUT2D eigenvalue weighted by Crippen LogP contribution is 2.51. The number of hydrogen-bond acceptors (Lipinski definition) is 8. The minimum atomic E-state index is 1.07. The number of aryl methyl sites for hydroxylation is 8. The Kier molecular flexibility index (Phi) is 52.3.